The van der Waals surface area contributed by atoms with Crippen LogP contribution in [0, 0.1) is 0 Å². The Hall–Kier alpha value is -3.74. The number of para-hydroxylation sites is 1. The standard InChI is InChI=1S/C22H22N2O5/c1-27-17-10-7-16(8-11-17)9-14-21(25)23-24-22(26)20-13-12-19(29-20)15-28-18-5-3-2-4-6-18/h2-8,10-13H,9,14-15H2,1H3,(H,23,25)(H,24,26). The molecule has 0 aliphatic carbocycles. The van der Waals surface area contributed by atoms with E-state index in [0.717, 1.165) is 11.3 Å². The number of carbonyl (C=O) groups is 2. The van der Waals surface area contributed by atoms with Crippen molar-refractivity contribution in [3.05, 3.63) is 83.8 Å². The molecule has 0 saturated carbocycles. The van der Waals surface area contributed by atoms with Crippen LogP contribution in [0.4, 0.5) is 0 Å². The summed E-state index contributed by atoms with van der Waals surface area (Å²) in [5.41, 5.74) is 5.73. The molecule has 1 aromatic heterocycles. The summed E-state index contributed by atoms with van der Waals surface area (Å²) < 4.78 is 16.1. The molecule has 2 amide bonds. The maximum Gasteiger partial charge on any atom is 0.305 e. The molecule has 0 aliphatic rings. The van der Waals surface area contributed by atoms with Crippen LogP contribution in [0.5, 0.6) is 11.5 Å². The quantitative estimate of drug-likeness (QED) is 0.573. The molecule has 0 atom stereocenters. The van der Waals surface area contributed by atoms with Crippen molar-refractivity contribution in [2.45, 2.75) is 19.4 Å². The van der Waals surface area contributed by atoms with Gasteiger partial charge in [0.1, 0.15) is 23.9 Å². The molecule has 150 valence electrons. The molecule has 0 spiro atoms. The number of benzene rings is 2. The topological polar surface area (TPSA) is 89.8 Å². The van der Waals surface area contributed by atoms with Gasteiger partial charge in [0.2, 0.25) is 5.91 Å². The molecule has 2 N–H and O–H groups in total. The molecule has 7 heteroatoms. The monoisotopic (exact) mass is 394 g/mol. The first kappa shape index (κ1) is 20.0. The van der Waals surface area contributed by atoms with E-state index in [1.54, 1.807) is 13.2 Å². The SMILES string of the molecule is COc1ccc(CCC(=O)NNC(=O)c2ccc(COc3ccccc3)o2)cc1. The van der Waals surface area contributed by atoms with Crippen LogP contribution in [0.1, 0.15) is 28.3 Å². The summed E-state index contributed by atoms with van der Waals surface area (Å²) >= 11 is 0. The smallest absolute Gasteiger partial charge is 0.305 e. The Kier molecular flexibility index (Phi) is 6.89. The maximum atomic E-state index is 12.1. The second-order valence-corrected chi connectivity index (χ2v) is 6.22. The molecule has 29 heavy (non-hydrogen) atoms. The Bertz CT molecular complexity index is 935. The van der Waals surface area contributed by atoms with Crippen LogP contribution in [0.25, 0.3) is 0 Å². The normalized spacial score (nSPS) is 10.2. The van der Waals surface area contributed by atoms with E-state index in [4.69, 9.17) is 13.9 Å². The van der Waals surface area contributed by atoms with Crippen LogP contribution in [-0.4, -0.2) is 18.9 Å². The van der Waals surface area contributed by atoms with E-state index in [2.05, 4.69) is 10.9 Å². The van der Waals surface area contributed by atoms with Crippen molar-refractivity contribution < 1.29 is 23.5 Å². The number of hydrogen-bond acceptors (Lipinski definition) is 5. The van der Waals surface area contributed by atoms with Gasteiger partial charge in [-0.25, -0.2) is 0 Å². The Morgan fingerprint density at radius 1 is 0.897 bits per heavy atom. The number of hydrogen-bond donors (Lipinski definition) is 2. The molecule has 0 bridgehead atoms. The lowest BCUT2D eigenvalue weighted by atomic mass is 10.1. The van der Waals surface area contributed by atoms with Crippen molar-refractivity contribution in [1.82, 2.24) is 10.9 Å². The van der Waals surface area contributed by atoms with Gasteiger partial charge in [0.15, 0.2) is 5.76 Å². The first-order valence-corrected chi connectivity index (χ1v) is 9.13. The lowest BCUT2D eigenvalue weighted by molar-refractivity contribution is -0.121. The number of rotatable bonds is 8. The second-order valence-electron chi connectivity index (χ2n) is 6.22. The van der Waals surface area contributed by atoms with E-state index < -0.39 is 5.91 Å². The number of hydrazine groups is 1. The predicted octanol–water partition coefficient (Wildman–Crippen LogP) is 3.26. The van der Waals surface area contributed by atoms with Gasteiger partial charge >= 0.3 is 5.91 Å². The first-order valence-electron chi connectivity index (χ1n) is 9.13. The average Bonchev–Trinajstić information content (AvgIpc) is 3.25. The zero-order valence-electron chi connectivity index (χ0n) is 16.0. The van der Waals surface area contributed by atoms with Crippen LogP contribution in [0.2, 0.25) is 0 Å². The van der Waals surface area contributed by atoms with Crippen molar-refractivity contribution in [3.8, 4) is 11.5 Å². The largest absolute Gasteiger partial charge is 0.497 e. The molecule has 0 saturated heterocycles. The van der Waals surface area contributed by atoms with E-state index in [9.17, 15) is 9.59 Å². The van der Waals surface area contributed by atoms with E-state index in [1.807, 2.05) is 54.6 Å². The van der Waals surface area contributed by atoms with Crippen LogP contribution in [-0.2, 0) is 17.8 Å². The zero-order valence-corrected chi connectivity index (χ0v) is 16.0. The molecular formula is C22H22N2O5. The van der Waals surface area contributed by atoms with Crippen LogP contribution in [0.3, 0.4) is 0 Å². The number of aryl methyl sites for hydroxylation is 1. The van der Waals surface area contributed by atoms with Crippen molar-refractivity contribution in [2.75, 3.05) is 7.11 Å². The maximum absolute atomic E-state index is 12.1. The number of methoxy groups -OCH3 is 1. The summed E-state index contributed by atoms with van der Waals surface area (Å²) in [6.07, 6.45) is 0.786. The van der Waals surface area contributed by atoms with Crippen molar-refractivity contribution in [2.24, 2.45) is 0 Å². The second kappa shape index (κ2) is 9.98. The highest BCUT2D eigenvalue weighted by Gasteiger charge is 2.12. The summed E-state index contributed by atoms with van der Waals surface area (Å²) in [5, 5.41) is 0. The highest BCUT2D eigenvalue weighted by Crippen LogP contribution is 2.14. The third-order valence-electron chi connectivity index (χ3n) is 4.12. The van der Waals surface area contributed by atoms with Crippen LogP contribution < -0.4 is 20.3 Å². The van der Waals surface area contributed by atoms with Gasteiger partial charge < -0.3 is 13.9 Å². The molecule has 0 aliphatic heterocycles. The number of amides is 2. The fourth-order valence-corrected chi connectivity index (χ4v) is 2.55. The number of furan rings is 1. The zero-order chi connectivity index (χ0) is 20.5. The van der Waals surface area contributed by atoms with E-state index in [-0.39, 0.29) is 24.7 Å². The van der Waals surface area contributed by atoms with Gasteiger partial charge in [-0.15, -0.1) is 0 Å². The van der Waals surface area contributed by atoms with Gasteiger partial charge in [-0.1, -0.05) is 30.3 Å². The average molecular weight is 394 g/mol. The Morgan fingerprint density at radius 2 is 1.66 bits per heavy atom. The molecule has 3 aromatic rings. The van der Waals surface area contributed by atoms with Gasteiger partial charge in [0.25, 0.3) is 0 Å². The molecule has 1 heterocycles. The predicted molar refractivity (Wildman–Crippen MR) is 106 cm³/mol. The van der Waals surface area contributed by atoms with E-state index >= 15 is 0 Å². The van der Waals surface area contributed by atoms with Gasteiger partial charge in [-0.05, 0) is 48.4 Å². The molecule has 0 unspecified atom stereocenters. The van der Waals surface area contributed by atoms with Gasteiger partial charge in [-0.3, -0.25) is 20.4 Å². The molecule has 2 aromatic carbocycles. The third-order valence-corrected chi connectivity index (χ3v) is 4.12. The highest BCUT2D eigenvalue weighted by molar-refractivity contribution is 5.92. The van der Waals surface area contributed by atoms with E-state index in [0.29, 0.717) is 17.9 Å². The van der Waals surface area contributed by atoms with E-state index in [1.165, 1.54) is 6.07 Å². The number of ether oxygens (including phenoxy) is 2. The number of nitrogens with one attached hydrogen (secondary N) is 2. The third kappa shape index (κ3) is 6.14. The Balaban J connectivity index is 1.40. The summed E-state index contributed by atoms with van der Waals surface area (Å²) in [7, 11) is 1.60. The van der Waals surface area contributed by atoms with Crippen LogP contribution in [0.15, 0.2) is 71.1 Å². The Labute approximate surface area is 168 Å². The highest BCUT2D eigenvalue weighted by atomic mass is 16.5. The minimum atomic E-state index is -0.534. The molecule has 0 fully saturated rings. The number of carbonyl (C=O) groups excluding carboxylic acids is 2. The summed E-state index contributed by atoms with van der Waals surface area (Å²) in [4.78, 5) is 24.0. The minimum absolute atomic E-state index is 0.0899. The summed E-state index contributed by atoms with van der Waals surface area (Å²) in [6, 6.07) is 20.0. The molecule has 3 rings (SSSR count). The molecule has 7 nitrogen and oxygen atoms in total. The molecular weight excluding hydrogens is 372 g/mol. The lowest BCUT2D eigenvalue weighted by Crippen LogP contribution is -2.41. The summed E-state index contributed by atoms with van der Waals surface area (Å²) in [5.74, 6) is 1.23. The fraction of sp³-hybridized carbons (Fsp3) is 0.182. The minimum Gasteiger partial charge on any atom is -0.497 e. The van der Waals surface area contributed by atoms with Gasteiger partial charge in [0, 0.05) is 6.42 Å². The van der Waals surface area contributed by atoms with Gasteiger partial charge in [0.05, 0.1) is 7.11 Å². The van der Waals surface area contributed by atoms with Crippen molar-refractivity contribution in [1.29, 1.82) is 0 Å². The van der Waals surface area contributed by atoms with Crippen molar-refractivity contribution in [3.63, 3.8) is 0 Å². The first-order chi connectivity index (χ1) is 14.1. The van der Waals surface area contributed by atoms with Crippen molar-refractivity contribution >= 4 is 11.8 Å². The lowest BCUT2D eigenvalue weighted by Gasteiger charge is -2.07. The fourth-order valence-electron chi connectivity index (χ4n) is 2.55. The summed E-state index contributed by atoms with van der Waals surface area (Å²) in [6.45, 7) is 0.200. The Morgan fingerprint density at radius 3 is 2.38 bits per heavy atom. The molecule has 0 radical (unpaired) electrons. The van der Waals surface area contributed by atoms with Gasteiger partial charge in [-0.2, -0.15) is 0 Å². The van der Waals surface area contributed by atoms with Crippen LogP contribution >= 0.6 is 0 Å².